The number of nitrogens with zero attached hydrogens (tertiary/aromatic N) is 2. The SMILES string of the molecule is Cc1cccc(C(O)Cn2cnc3ccccc32)c1C. The Morgan fingerprint density at radius 2 is 1.90 bits per heavy atom. The Hall–Kier alpha value is -2.13. The van der Waals surface area contributed by atoms with Gasteiger partial charge in [0.1, 0.15) is 0 Å². The number of rotatable bonds is 3. The smallest absolute Gasteiger partial charge is 0.0972 e. The van der Waals surface area contributed by atoms with Gasteiger partial charge in [-0.05, 0) is 42.7 Å². The zero-order valence-corrected chi connectivity index (χ0v) is 11.7. The van der Waals surface area contributed by atoms with Crippen LogP contribution < -0.4 is 0 Å². The van der Waals surface area contributed by atoms with E-state index in [4.69, 9.17) is 0 Å². The summed E-state index contributed by atoms with van der Waals surface area (Å²) in [6.45, 7) is 4.64. The molecule has 0 saturated heterocycles. The van der Waals surface area contributed by atoms with Crippen molar-refractivity contribution in [3.05, 3.63) is 65.5 Å². The first-order valence-corrected chi connectivity index (χ1v) is 6.81. The highest BCUT2D eigenvalue weighted by Gasteiger charge is 2.13. The Kier molecular flexibility index (Phi) is 3.28. The summed E-state index contributed by atoms with van der Waals surface area (Å²) in [7, 11) is 0. The Morgan fingerprint density at radius 1 is 1.10 bits per heavy atom. The van der Waals surface area contributed by atoms with Crippen LogP contribution in [0, 0.1) is 13.8 Å². The molecule has 1 heterocycles. The lowest BCUT2D eigenvalue weighted by atomic mass is 9.99. The monoisotopic (exact) mass is 266 g/mol. The molecule has 3 nitrogen and oxygen atoms in total. The average Bonchev–Trinajstić information content (AvgIpc) is 2.85. The third kappa shape index (κ3) is 2.21. The van der Waals surface area contributed by atoms with Crippen LogP contribution in [0.25, 0.3) is 11.0 Å². The molecule has 3 rings (SSSR count). The van der Waals surface area contributed by atoms with Crippen LogP contribution in [0.4, 0.5) is 0 Å². The molecule has 0 aliphatic rings. The first kappa shape index (κ1) is 12.9. The molecule has 102 valence electrons. The number of fused-ring (bicyclic) bond motifs is 1. The second-order valence-corrected chi connectivity index (χ2v) is 5.19. The zero-order valence-electron chi connectivity index (χ0n) is 11.7. The fourth-order valence-corrected chi connectivity index (χ4v) is 2.58. The molecule has 0 aliphatic carbocycles. The molecule has 1 aromatic heterocycles. The van der Waals surface area contributed by atoms with E-state index in [0.29, 0.717) is 6.54 Å². The number of aryl methyl sites for hydroxylation is 1. The molecule has 0 aliphatic heterocycles. The summed E-state index contributed by atoms with van der Waals surface area (Å²) in [6.07, 6.45) is 1.27. The number of aliphatic hydroxyl groups is 1. The molecular formula is C17H18N2O. The Balaban J connectivity index is 1.92. The van der Waals surface area contributed by atoms with E-state index < -0.39 is 6.10 Å². The van der Waals surface area contributed by atoms with Gasteiger partial charge in [0, 0.05) is 0 Å². The Labute approximate surface area is 118 Å². The molecule has 0 amide bonds. The molecule has 0 bridgehead atoms. The molecule has 3 heteroatoms. The van der Waals surface area contributed by atoms with Crippen molar-refractivity contribution in [3.63, 3.8) is 0 Å². The third-order valence-electron chi connectivity index (χ3n) is 3.90. The molecule has 2 aromatic carbocycles. The summed E-state index contributed by atoms with van der Waals surface area (Å²) in [5, 5.41) is 10.5. The molecule has 20 heavy (non-hydrogen) atoms. The number of benzene rings is 2. The topological polar surface area (TPSA) is 38.0 Å². The van der Waals surface area contributed by atoms with Gasteiger partial charge >= 0.3 is 0 Å². The van der Waals surface area contributed by atoms with Gasteiger partial charge in [-0.1, -0.05) is 30.3 Å². The first-order valence-electron chi connectivity index (χ1n) is 6.81. The normalized spacial score (nSPS) is 12.8. The minimum Gasteiger partial charge on any atom is -0.387 e. The lowest BCUT2D eigenvalue weighted by Gasteiger charge is -2.16. The molecule has 1 atom stereocenters. The van der Waals surface area contributed by atoms with E-state index in [1.807, 2.05) is 41.0 Å². The van der Waals surface area contributed by atoms with Gasteiger partial charge in [0.15, 0.2) is 0 Å². The predicted octanol–water partition coefficient (Wildman–Crippen LogP) is 3.39. The number of hydrogen-bond donors (Lipinski definition) is 1. The second kappa shape index (κ2) is 5.10. The lowest BCUT2D eigenvalue weighted by Crippen LogP contribution is -2.09. The molecular weight excluding hydrogens is 248 g/mol. The maximum Gasteiger partial charge on any atom is 0.0972 e. The van der Waals surface area contributed by atoms with Crippen molar-refractivity contribution in [2.75, 3.05) is 0 Å². The minimum absolute atomic E-state index is 0.519. The van der Waals surface area contributed by atoms with E-state index in [9.17, 15) is 5.11 Å². The summed E-state index contributed by atoms with van der Waals surface area (Å²) in [5.41, 5.74) is 5.36. The van der Waals surface area contributed by atoms with Crippen LogP contribution >= 0.6 is 0 Å². The number of para-hydroxylation sites is 2. The van der Waals surface area contributed by atoms with E-state index in [0.717, 1.165) is 22.2 Å². The molecule has 1 unspecified atom stereocenters. The fourth-order valence-electron chi connectivity index (χ4n) is 2.58. The van der Waals surface area contributed by atoms with Crippen LogP contribution in [0.3, 0.4) is 0 Å². The highest BCUT2D eigenvalue weighted by molar-refractivity contribution is 5.74. The number of aromatic nitrogens is 2. The molecule has 3 aromatic rings. The first-order chi connectivity index (χ1) is 9.66. The van der Waals surface area contributed by atoms with Crippen molar-refractivity contribution in [3.8, 4) is 0 Å². The van der Waals surface area contributed by atoms with Gasteiger partial charge in [0.25, 0.3) is 0 Å². The molecule has 0 radical (unpaired) electrons. The van der Waals surface area contributed by atoms with Crippen LogP contribution in [0.5, 0.6) is 0 Å². The fraction of sp³-hybridized carbons (Fsp3) is 0.235. The van der Waals surface area contributed by atoms with Crippen molar-refractivity contribution in [1.82, 2.24) is 9.55 Å². The molecule has 1 N–H and O–H groups in total. The second-order valence-electron chi connectivity index (χ2n) is 5.19. The van der Waals surface area contributed by atoms with Crippen LogP contribution in [0.1, 0.15) is 22.8 Å². The van der Waals surface area contributed by atoms with Crippen LogP contribution in [0.2, 0.25) is 0 Å². The van der Waals surface area contributed by atoms with Crippen molar-refractivity contribution in [2.45, 2.75) is 26.5 Å². The van der Waals surface area contributed by atoms with E-state index in [-0.39, 0.29) is 0 Å². The molecule has 0 saturated carbocycles. The van der Waals surface area contributed by atoms with Gasteiger partial charge in [-0.15, -0.1) is 0 Å². The average molecular weight is 266 g/mol. The standard InChI is InChI=1S/C17H18N2O/c1-12-6-5-7-14(13(12)2)17(20)10-19-11-18-15-8-3-4-9-16(15)19/h3-9,11,17,20H,10H2,1-2H3. The van der Waals surface area contributed by atoms with Crippen LogP contribution in [0.15, 0.2) is 48.8 Å². The van der Waals surface area contributed by atoms with Gasteiger partial charge < -0.3 is 9.67 Å². The van der Waals surface area contributed by atoms with E-state index in [1.165, 1.54) is 5.56 Å². The van der Waals surface area contributed by atoms with Gasteiger partial charge in [0.2, 0.25) is 0 Å². The summed E-state index contributed by atoms with van der Waals surface area (Å²) in [5.74, 6) is 0. The maximum absolute atomic E-state index is 10.5. The van der Waals surface area contributed by atoms with Gasteiger partial charge in [0.05, 0.1) is 30.0 Å². The lowest BCUT2D eigenvalue weighted by molar-refractivity contribution is 0.157. The zero-order chi connectivity index (χ0) is 14.1. The van der Waals surface area contributed by atoms with Crippen molar-refractivity contribution in [1.29, 1.82) is 0 Å². The van der Waals surface area contributed by atoms with Crippen LogP contribution in [-0.2, 0) is 6.54 Å². The van der Waals surface area contributed by atoms with Gasteiger partial charge in [-0.3, -0.25) is 0 Å². The van der Waals surface area contributed by atoms with Crippen molar-refractivity contribution < 1.29 is 5.11 Å². The van der Waals surface area contributed by atoms with Gasteiger partial charge in [-0.25, -0.2) is 4.98 Å². The largest absolute Gasteiger partial charge is 0.387 e. The number of aliphatic hydroxyl groups excluding tert-OH is 1. The van der Waals surface area contributed by atoms with Crippen molar-refractivity contribution in [2.24, 2.45) is 0 Å². The highest BCUT2D eigenvalue weighted by Crippen LogP contribution is 2.23. The number of hydrogen-bond acceptors (Lipinski definition) is 2. The summed E-state index contributed by atoms with van der Waals surface area (Å²) < 4.78 is 2.00. The highest BCUT2D eigenvalue weighted by atomic mass is 16.3. The van der Waals surface area contributed by atoms with Crippen LogP contribution in [-0.4, -0.2) is 14.7 Å². The third-order valence-corrected chi connectivity index (χ3v) is 3.90. The minimum atomic E-state index is -0.521. The van der Waals surface area contributed by atoms with E-state index >= 15 is 0 Å². The Bertz CT molecular complexity index is 746. The van der Waals surface area contributed by atoms with E-state index in [2.05, 4.69) is 24.9 Å². The Morgan fingerprint density at radius 3 is 2.75 bits per heavy atom. The maximum atomic E-state index is 10.5. The quantitative estimate of drug-likeness (QED) is 0.789. The molecule has 0 spiro atoms. The summed E-state index contributed by atoms with van der Waals surface area (Å²) in [6, 6.07) is 14.0. The number of imidazole rings is 1. The van der Waals surface area contributed by atoms with Gasteiger partial charge in [-0.2, -0.15) is 0 Å². The predicted molar refractivity (Wildman–Crippen MR) is 80.6 cm³/mol. The van der Waals surface area contributed by atoms with Crippen molar-refractivity contribution >= 4 is 11.0 Å². The van der Waals surface area contributed by atoms with E-state index in [1.54, 1.807) is 6.33 Å². The summed E-state index contributed by atoms with van der Waals surface area (Å²) >= 11 is 0. The summed E-state index contributed by atoms with van der Waals surface area (Å²) in [4.78, 5) is 4.36. The molecule has 0 fully saturated rings.